The fraction of sp³-hybridized carbons (Fsp3) is 0.167. The molecule has 0 saturated carbocycles. The lowest BCUT2D eigenvalue weighted by atomic mass is 10.2. The van der Waals surface area contributed by atoms with Crippen molar-refractivity contribution < 1.29 is 8.42 Å². The molecule has 2 aromatic rings. The molecular formula is C12H12N4O2S. The van der Waals surface area contributed by atoms with Crippen molar-refractivity contribution in [3.63, 3.8) is 0 Å². The molecule has 0 aliphatic heterocycles. The first kappa shape index (κ1) is 13.1. The van der Waals surface area contributed by atoms with Crippen LogP contribution in [0.1, 0.15) is 11.4 Å². The summed E-state index contributed by atoms with van der Waals surface area (Å²) in [6.07, 6.45) is 1.44. The molecule has 1 heterocycles. The molecule has 19 heavy (non-hydrogen) atoms. The predicted octanol–water partition coefficient (Wildman–Crippen LogP) is 1.40. The lowest BCUT2D eigenvalue weighted by Gasteiger charge is -2.05. The van der Waals surface area contributed by atoms with Crippen LogP contribution in [0.2, 0.25) is 0 Å². The highest BCUT2D eigenvalue weighted by molar-refractivity contribution is 7.92. The Kier molecular flexibility index (Phi) is 3.27. The highest BCUT2D eigenvalue weighted by Crippen LogP contribution is 2.16. The van der Waals surface area contributed by atoms with Crippen molar-refractivity contribution in [3.05, 3.63) is 41.9 Å². The molecule has 1 N–H and O–H groups in total. The summed E-state index contributed by atoms with van der Waals surface area (Å²) in [6, 6.07) is 8.21. The molecule has 0 aliphatic rings. The van der Waals surface area contributed by atoms with E-state index >= 15 is 0 Å². The Hall–Kier alpha value is -2.33. The van der Waals surface area contributed by atoms with Crippen LogP contribution in [-0.2, 0) is 17.1 Å². The maximum atomic E-state index is 12.1. The summed E-state index contributed by atoms with van der Waals surface area (Å²) in [7, 11) is -2.01. The molecular weight excluding hydrogens is 264 g/mol. The molecule has 0 spiro atoms. The Morgan fingerprint density at radius 2 is 2.16 bits per heavy atom. The summed E-state index contributed by atoms with van der Waals surface area (Å²) in [5.41, 5.74) is 0.722. The molecule has 2 rings (SSSR count). The van der Waals surface area contributed by atoms with Gasteiger partial charge >= 0.3 is 0 Å². The van der Waals surface area contributed by atoms with E-state index in [1.54, 1.807) is 36.7 Å². The van der Waals surface area contributed by atoms with E-state index in [0.717, 1.165) is 0 Å². The number of nitriles is 1. The minimum absolute atomic E-state index is 0.0464. The standard InChI is InChI=1S/C12H12N4O2S/c1-9-14-12(8-16(9)2)19(17,18)15-11-5-3-4-10(6-11)7-13/h3-6,8,15H,1-2H3. The molecule has 0 bridgehead atoms. The van der Waals surface area contributed by atoms with Crippen LogP contribution in [-0.4, -0.2) is 18.0 Å². The summed E-state index contributed by atoms with van der Waals surface area (Å²) in [4.78, 5) is 3.97. The average Bonchev–Trinajstić information content (AvgIpc) is 2.70. The number of sulfonamides is 1. The maximum Gasteiger partial charge on any atom is 0.280 e. The first-order chi connectivity index (χ1) is 8.92. The van der Waals surface area contributed by atoms with Crippen molar-refractivity contribution in [3.8, 4) is 6.07 Å². The van der Waals surface area contributed by atoms with E-state index in [9.17, 15) is 8.42 Å². The first-order valence-electron chi connectivity index (χ1n) is 5.45. The van der Waals surface area contributed by atoms with Gasteiger partial charge < -0.3 is 4.57 Å². The van der Waals surface area contributed by atoms with Crippen LogP contribution < -0.4 is 4.72 Å². The summed E-state index contributed by atoms with van der Waals surface area (Å²) < 4.78 is 28.2. The number of rotatable bonds is 3. The minimum Gasteiger partial charge on any atom is -0.337 e. The number of imidazole rings is 1. The third-order valence-corrected chi connectivity index (χ3v) is 3.86. The minimum atomic E-state index is -3.73. The number of hydrogen-bond acceptors (Lipinski definition) is 4. The van der Waals surface area contributed by atoms with Crippen molar-refractivity contribution in [1.82, 2.24) is 9.55 Å². The van der Waals surface area contributed by atoms with E-state index in [0.29, 0.717) is 17.1 Å². The molecule has 0 aliphatic carbocycles. The molecule has 1 aromatic heterocycles. The molecule has 6 nitrogen and oxygen atoms in total. The molecule has 0 radical (unpaired) electrons. The molecule has 0 atom stereocenters. The topological polar surface area (TPSA) is 87.8 Å². The molecule has 0 amide bonds. The third kappa shape index (κ3) is 2.74. The van der Waals surface area contributed by atoms with Crippen molar-refractivity contribution >= 4 is 15.7 Å². The molecule has 0 unspecified atom stereocenters. The van der Waals surface area contributed by atoms with Crippen LogP contribution in [0.3, 0.4) is 0 Å². The second-order valence-corrected chi connectivity index (χ2v) is 5.66. The second-order valence-electron chi connectivity index (χ2n) is 4.04. The number of nitrogens with zero attached hydrogens (tertiary/aromatic N) is 3. The Morgan fingerprint density at radius 1 is 1.42 bits per heavy atom. The number of aryl methyl sites for hydroxylation is 2. The SMILES string of the molecule is Cc1nc(S(=O)(=O)Nc2cccc(C#N)c2)cn1C. The maximum absolute atomic E-state index is 12.1. The van der Waals surface area contributed by atoms with Gasteiger partial charge in [0.05, 0.1) is 17.3 Å². The van der Waals surface area contributed by atoms with E-state index in [1.165, 1.54) is 12.3 Å². The highest BCUT2D eigenvalue weighted by atomic mass is 32.2. The van der Waals surface area contributed by atoms with Crippen LogP contribution in [0.15, 0.2) is 35.5 Å². The zero-order valence-electron chi connectivity index (χ0n) is 10.5. The first-order valence-corrected chi connectivity index (χ1v) is 6.93. The third-order valence-electron chi connectivity index (χ3n) is 2.61. The lowest BCUT2D eigenvalue weighted by molar-refractivity contribution is 0.598. The van der Waals surface area contributed by atoms with Gasteiger partial charge in [0.2, 0.25) is 0 Å². The monoisotopic (exact) mass is 276 g/mol. The molecule has 0 saturated heterocycles. The van der Waals surface area contributed by atoms with Crippen LogP contribution >= 0.6 is 0 Å². The van der Waals surface area contributed by atoms with Gasteiger partial charge in [-0.2, -0.15) is 13.7 Å². The van der Waals surface area contributed by atoms with Gasteiger partial charge in [0, 0.05) is 13.2 Å². The van der Waals surface area contributed by atoms with Crippen molar-refractivity contribution in [1.29, 1.82) is 5.26 Å². The number of aromatic nitrogens is 2. The largest absolute Gasteiger partial charge is 0.337 e. The second kappa shape index (κ2) is 4.74. The van der Waals surface area contributed by atoms with E-state index in [1.807, 2.05) is 6.07 Å². The Labute approximate surface area is 111 Å². The van der Waals surface area contributed by atoms with E-state index < -0.39 is 10.0 Å². The predicted molar refractivity (Wildman–Crippen MR) is 69.9 cm³/mol. The van der Waals surface area contributed by atoms with Gasteiger partial charge in [-0.1, -0.05) is 6.07 Å². The van der Waals surface area contributed by atoms with E-state index in [4.69, 9.17) is 5.26 Å². The quantitative estimate of drug-likeness (QED) is 0.917. The molecule has 0 fully saturated rings. The van der Waals surface area contributed by atoms with Crippen LogP contribution in [0.4, 0.5) is 5.69 Å². The molecule has 1 aromatic carbocycles. The molecule has 7 heteroatoms. The van der Waals surface area contributed by atoms with E-state index in [-0.39, 0.29) is 5.03 Å². The normalized spacial score (nSPS) is 11.0. The number of hydrogen-bond donors (Lipinski definition) is 1. The lowest BCUT2D eigenvalue weighted by Crippen LogP contribution is -2.13. The van der Waals surface area contributed by atoms with Crippen molar-refractivity contribution in [2.75, 3.05) is 4.72 Å². The van der Waals surface area contributed by atoms with Gasteiger partial charge in [0.25, 0.3) is 10.0 Å². The zero-order valence-corrected chi connectivity index (χ0v) is 11.3. The smallest absolute Gasteiger partial charge is 0.280 e. The Bertz CT molecular complexity index is 737. The van der Waals surface area contributed by atoms with Crippen LogP contribution in [0.25, 0.3) is 0 Å². The van der Waals surface area contributed by atoms with Gasteiger partial charge in [-0.25, -0.2) is 4.98 Å². The van der Waals surface area contributed by atoms with Gasteiger partial charge in [0.15, 0.2) is 5.03 Å². The fourth-order valence-electron chi connectivity index (χ4n) is 1.52. The van der Waals surface area contributed by atoms with Gasteiger partial charge in [-0.3, -0.25) is 4.72 Å². The Balaban J connectivity index is 2.34. The zero-order chi connectivity index (χ0) is 14.0. The van der Waals surface area contributed by atoms with Crippen molar-refractivity contribution in [2.45, 2.75) is 11.9 Å². The Morgan fingerprint density at radius 3 is 2.74 bits per heavy atom. The number of anilines is 1. The van der Waals surface area contributed by atoms with Crippen molar-refractivity contribution in [2.24, 2.45) is 7.05 Å². The fourth-order valence-corrected chi connectivity index (χ4v) is 2.61. The van der Waals surface area contributed by atoms with Gasteiger partial charge in [-0.05, 0) is 25.1 Å². The van der Waals surface area contributed by atoms with Gasteiger partial charge in [0.1, 0.15) is 5.82 Å². The van der Waals surface area contributed by atoms with E-state index in [2.05, 4.69) is 9.71 Å². The molecule has 98 valence electrons. The van der Waals surface area contributed by atoms with Crippen LogP contribution in [0, 0.1) is 18.3 Å². The summed E-state index contributed by atoms with van der Waals surface area (Å²) in [5, 5.41) is 8.73. The number of nitrogens with one attached hydrogen (secondary N) is 1. The van der Waals surface area contributed by atoms with Crippen LogP contribution in [0.5, 0.6) is 0 Å². The number of benzene rings is 1. The highest BCUT2D eigenvalue weighted by Gasteiger charge is 2.18. The summed E-state index contributed by atoms with van der Waals surface area (Å²) >= 11 is 0. The summed E-state index contributed by atoms with van der Waals surface area (Å²) in [6.45, 7) is 1.72. The van der Waals surface area contributed by atoms with Gasteiger partial charge in [-0.15, -0.1) is 0 Å². The average molecular weight is 276 g/mol. The summed E-state index contributed by atoms with van der Waals surface area (Å²) in [5.74, 6) is 0.603.